The number of carbonyl (C=O) groups excluding carboxylic acids is 5. The standard InChI is InChI=1S/C22H26BrNO5.C13H15NO3.C9H11BrO2/c1-3-4-10-18-17(23)12-19(29-18)20(25)14(2)21(26)24-16(13-28-22(24)27)11-15-8-6-5-7-9-15;1-2-12(15)14-11(9-17-13(14)16)8-10-6-4-3-5-7-10;1-2-3-4-9-8(10)5-7(6-11)12-9/h5-9,12,14,16,20,25H,3-4,10-11,13H2,1-2H3;3-7,11H,2,8-9H2,1H3;5-6H,2-4H2,1H3/t14-,16-,20-;11-;/m00./s1. The Morgan fingerprint density at radius 2 is 1.26 bits per heavy atom. The van der Waals surface area contributed by atoms with Gasteiger partial charge in [0.05, 0.1) is 26.9 Å². The van der Waals surface area contributed by atoms with E-state index in [1.165, 1.54) is 4.90 Å². The van der Waals surface area contributed by atoms with Crippen molar-refractivity contribution in [1.82, 2.24) is 9.80 Å². The van der Waals surface area contributed by atoms with Crippen molar-refractivity contribution in [3.8, 4) is 0 Å². The maximum Gasteiger partial charge on any atom is 0.416 e. The van der Waals surface area contributed by atoms with Gasteiger partial charge in [0.25, 0.3) is 0 Å². The highest BCUT2D eigenvalue weighted by atomic mass is 79.9. The zero-order valence-corrected chi connectivity index (χ0v) is 36.5. The van der Waals surface area contributed by atoms with Crippen LogP contribution in [0.3, 0.4) is 0 Å². The van der Waals surface area contributed by atoms with Crippen LogP contribution in [-0.4, -0.2) is 70.5 Å². The lowest BCUT2D eigenvalue weighted by Crippen LogP contribution is -2.44. The molecule has 6 rings (SSSR count). The molecule has 2 aromatic carbocycles. The Labute approximate surface area is 356 Å². The van der Waals surface area contributed by atoms with E-state index in [2.05, 4.69) is 45.7 Å². The molecule has 58 heavy (non-hydrogen) atoms. The number of ether oxygens (including phenoxy) is 2. The van der Waals surface area contributed by atoms with E-state index in [0.717, 1.165) is 81.3 Å². The number of halogens is 2. The second-order valence-electron chi connectivity index (χ2n) is 14.1. The average Bonchev–Trinajstić information content (AvgIpc) is 4.01. The Hall–Kier alpha value is -4.53. The fourth-order valence-electron chi connectivity index (χ4n) is 6.41. The number of rotatable bonds is 15. The van der Waals surface area contributed by atoms with Gasteiger partial charge >= 0.3 is 12.2 Å². The smallest absolute Gasteiger partial charge is 0.416 e. The number of hydrogen-bond donors (Lipinski definition) is 1. The molecule has 312 valence electrons. The van der Waals surface area contributed by atoms with Gasteiger partial charge in [-0.2, -0.15) is 0 Å². The van der Waals surface area contributed by atoms with E-state index >= 15 is 0 Å². The van der Waals surface area contributed by atoms with E-state index in [-0.39, 0.29) is 18.6 Å². The molecule has 4 aromatic rings. The van der Waals surface area contributed by atoms with Crippen molar-refractivity contribution in [2.24, 2.45) is 5.92 Å². The lowest BCUT2D eigenvalue weighted by molar-refractivity contribution is -0.137. The molecule has 0 bridgehead atoms. The summed E-state index contributed by atoms with van der Waals surface area (Å²) in [5.41, 5.74) is 2.11. The van der Waals surface area contributed by atoms with Crippen molar-refractivity contribution in [3.63, 3.8) is 0 Å². The number of aliphatic hydroxyl groups is 1. The van der Waals surface area contributed by atoms with Gasteiger partial charge in [0.15, 0.2) is 12.0 Å². The minimum absolute atomic E-state index is 0.149. The molecule has 0 saturated carbocycles. The number of furan rings is 2. The van der Waals surface area contributed by atoms with Gasteiger partial charge in [-0.25, -0.2) is 19.4 Å². The fraction of sp³-hybridized carbons (Fsp3) is 0.432. The lowest BCUT2D eigenvalue weighted by Gasteiger charge is -2.25. The first-order chi connectivity index (χ1) is 27.9. The molecule has 0 radical (unpaired) electrons. The number of aldehydes is 1. The van der Waals surface area contributed by atoms with Crippen LogP contribution in [-0.2, 0) is 44.7 Å². The number of hydrogen-bond acceptors (Lipinski definition) is 10. The summed E-state index contributed by atoms with van der Waals surface area (Å²) in [7, 11) is 0. The number of imide groups is 2. The molecule has 12 nitrogen and oxygen atoms in total. The van der Waals surface area contributed by atoms with Gasteiger partial charge in [-0.3, -0.25) is 14.4 Å². The predicted molar refractivity (Wildman–Crippen MR) is 224 cm³/mol. The van der Waals surface area contributed by atoms with Crippen LogP contribution in [0, 0.1) is 5.92 Å². The predicted octanol–water partition coefficient (Wildman–Crippen LogP) is 9.83. The molecule has 2 aromatic heterocycles. The molecule has 14 heteroatoms. The Morgan fingerprint density at radius 1 is 0.776 bits per heavy atom. The minimum atomic E-state index is -1.15. The Balaban J connectivity index is 0.000000216. The van der Waals surface area contributed by atoms with Crippen molar-refractivity contribution in [3.05, 3.63) is 116 Å². The Bertz CT molecular complexity index is 1950. The molecule has 0 aliphatic carbocycles. The third-order valence-electron chi connectivity index (χ3n) is 9.70. The van der Waals surface area contributed by atoms with Gasteiger partial charge in [-0.15, -0.1) is 0 Å². The van der Waals surface area contributed by atoms with Crippen LogP contribution in [0.15, 0.2) is 90.6 Å². The molecule has 2 fully saturated rings. The number of unbranched alkanes of at least 4 members (excludes halogenated alkanes) is 2. The molecule has 4 heterocycles. The van der Waals surface area contributed by atoms with Gasteiger partial charge in [0.2, 0.25) is 11.8 Å². The summed E-state index contributed by atoms with van der Waals surface area (Å²) < 4.78 is 22.8. The first-order valence-corrected chi connectivity index (χ1v) is 21.3. The lowest BCUT2D eigenvalue weighted by atomic mass is 9.99. The summed E-state index contributed by atoms with van der Waals surface area (Å²) >= 11 is 6.79. The molecule has 0 unspecified atom stereocenters. The van der Waals surface area contributed by atoms with E-state index in [9.17, 15) is 29.1 Å². The van der Waals surface area contributed by atoms with Crippen LogP contribution >= 0.6 is 31.9 Å². The summed E-state index contributed by atoms with van der Waals surface area (Å²) in [6.07, 6.45) is 5.73. The third-order valence-corrected chi connectivity index (χ3v) is 11.0. The zero-order valence-electron chi connectivity index (χ0n) is 33.4. The van der Waals surface area contributed by atoms with E-state index in [1.807, 2.05) is 60.7 Å². The number of cyclic esters (lactones) is 2. The molecule has 2 aliphatic heterocycles. The molecule has 0 spiro atoms. The van der Waals surface area contributed by atoms with Gasteiger partial charge < -0.3 is 23.4 Å². The quantitative estimate of drug-likeness (QED) is 0.114. The average molecular weight is 929 g/mol. The van der Waals surface area contributed by atoms with Crippen LogP contribution < -0.4 is 0 Å². The number of benzene rings is 2. The maximum absolute atomic E-state index is 13.0. The van der Waals surface area contributed by atoms with Crippen molar-refractivity contribution in [2.75, 3.05) is 13.2 Å². The maximum atomic E-state index is 13.0. The van der Waals surface area contributed by atoms with Crippen LogP contribution in [0.4, 0.5) is 9.59 Å². The van der Waals surface area contributed by atoms with Gasteiger partial charge in [-0.1, -0.05) is 101 Å². The number of amides is 4. The summed E-state index contributed by atoms with van der Waals surface area (Å²) in [4.78, 5) is 61.1. The Morgan fingerprint density at radius 3 is 1.74 bits per heavy atom. The van der Waals surface area contributed by atoms with Crippen molar-refractivity contribution in [2.45, 2.75) is 104 Å². The molecular weight excluding hydrogens is 876 g/mol. The van der Waals surface area contributed by atoms with Crippen LogP contribution in [0.5, 0.6) is 0 Å². The summed E-state index contributed by atoms with van der Waals surface area (Å²) in [5, 5.41) is 10.7. The van der Waals surface area contributed by atoms with E-state index < -0.39 is 36.2 Å². The van der Waals surface area contributed by atoms with Crippen molar-refractivity contribution >= 4 is 62.1 Å². The van der Waals surface area contributed by atoms with Gasteiger partial charge in [0.1, 0.15) is 36.6 Å². The first-order valence-electron chi connectivity index (χ1n) is 19.7. The fourth-order valence-corrected chi connectivity index (χ4v) is 7.42. The molecular formula is C44H52Br2N2O10. The van der Waals surface area contributed by atoms with Crippen LogP contribution in [0.2, 0.25) is 0 Å². The summed E-state index contributed by atoms with van der Waals surface area (Å²) in [6.45, 7) is 7.99. The van der Waals surface area contributed by atoms with E-state index in [0.29, 0.717) is 37.4 Å². The largest absolute Gasteiger partial charge is 0.462 e. The van der Waals surface area contributed by atoms with Gasteiger partial charge in [-0.05, 0) is 74.7 Å². The number of carbonyl (C=O) groups is 5. The van der Waals surface area contributed by atoms with Crippen LogP contribution in [0.25, 0.3) is 0 Å². The highest BCUT2D eigenvalue weighted by Crippen LogP contribution is 2.33. The SMILES string of the molecule is CCC(=O)N1C(=O)OC[C@@H]1Cc1ccccc1.CCCCc1oc(C=O)cc1Br.CCCCc1oc([C@@H](O)[C@H](C)C(=O)N2C(=O)OC[C@@H]2Cc2ccccc2)cc1Br. The van der Waals surface area contributed by atoms with Crippen LogP contribution in [0.1, 0.15) is 105 Å². The Kier molecular flexibility index (Phi) is 18.4. The normalized spacial score (nSPS) is 17.0. The highest BCUT2D eigenvalue weighted by molar-refractivity contribution is 9.10. The minimum Gasteiger partial charge on any atom is -0.462 e. The molecule has 4 atom stereocenters. The van der Waals surface area contributed by atoms with Crippen molar-refractivity contribution < 1.29 is 47.4 Å². The third kappa shape index (κ3) is 12.7. The van der Waals surface area contributed by atoms with Crippen molar-refractivity contribution in [1.29, 1.82) is 0 Å². The number of aliphatic hydroxyl groups excluding tert-OH is 1. The van der Waals surface area contributed by atoms with Gasteiger partial charge in [0, 0.05) is 25.3 Å². The number of aryl methyl sites for hydroxylation is 2. The molecule has 1 N–H and O–H groups in total. The second kappa shape index (κ2) is 23.2. The molecule has 4 amide bonds. The molecule has 2 saturated heterocycles. The van der Waals surface area contributed by atoms with E-state index in [1.54, 1.807) is 26.0 Å². The highest BCUT2D eigenvalue weighted by Gasteiger charge is 2.42. The topological polar surface area (TPSA) is 157 Å². The zero-order chi connectivity index (χ0) is 42.2. The monoisotopic (exact) mass is 926 g/mol. The second-order valence-corrected chi connectivity index (χ2v) is 15.8. The number of nitrogens with zero attached hydrogens (tertiary/aromatic N) is 2. The summed E-state index contributed by atoms with van der Waals surface area (Å²) in [6, 6.07) is 22.3. The summed E-state index contributed by atoms with van der Waals surface area (Å²) in [5.74, 6) is 0.846. The first kappa shape index (κ1) is 46.2. The van der Waals surface area contributed by atoms with E-state index in [4.69, 9.17) is 18.3 Å². The molecule has 2 aliphatic rings.